The van der Waals surface area contributed by atoms with Gasteiger partial charge in [0.25, 0.3) is 0 Å². The number of benzene rings is 1. The summed E-state index contributed by atoms with van der Waals surface area (Å²) >= 11 is 0. The van der Waals surface area contributed by atoms with Crippen molar-refractivity contribution in [3.63, 3.8) is 0 Å². The quantitative estimate of drug-likeness (QED) is 0.902. The van der Waals surface area contributed by atoms with E-state index in [0.717, 1.165) is 0 Å². The van der Waals surface area contributed by atoms with Gasteiger partial charge in [-0.3, -0.25) is 4.79 Å². The number of rotatable bonds is 4. The van der Waals surface area contributed by atoms with E-state index in [1.807, 2.05) is 13.8 Å². The largest absolute Gasteiger partial charge is 0.491 e. The maximum absolute atomic E-state index is 11.9. The van der Waals surface area contributed by atoms with Crippen LogP contribution in [0, 0.1) is 0 Å². The van der Waals surface area contributed by atoms with Gasteiger partial charge in [0, 0.05) is 5.69 Å². The molecule has 1 aromatic rings. The average Bonchev–Trinajstić information content (AvgIpc) is 2.17. The SMILES string of the molecule is CC(C)Oc1ccc(NC(=O)CC(F)(F)F)cc1. The zero-order valence-electron chi connectivity index (χ0n) is 10.0. The number of hydrogen-bond acceptors (Lipinski definition) is 2. The molecule has 6 heteroatoms. The third-order valence-corrected chi connectivity index (χ3v) is 1.87. The van der Waals surface area contributed by atoms with E-state index < -0.39 is 18.5 Å². The van der Waals surface area contributed by atoms with Crippen molar-refractivity contribution in [3.05, 3.63) is 24.3 Å². The van der Waals surface area contributed by atoms with E-state index in [1.54, 1.807) is 12.1 Å². The van der Waals surface area contributed by atoms with Crippen LogP contribution in [-0.2, 0) is 4.79 Å². The smallest absolute Gasteiger partial charge is 0.397 e. The molecular weight excluding hydrogens is 247 g/mol. The van der Waals surface area contributed by atoms with Gasteiger partial charge in [-0.05, 0) is 38.1 Å². The van der Waals surface area contributed by atoms with Gasteiger partial charge in [-0.2, -0.15) is 13.2 Å². The lowest BCUT2D eigenvalue weighted by Crippen LogP contribution is -2.21. The zero-order valence-corrected chi connectivity index (χ0v) is 10.0. The lowest BCUT2D eigenvalue weighted by molar-refractivity contribution is -0.150. The van der Waals surface area contributed by atoms with Gasteiger partial charge in [-0.25, -0.2) is 0 Å². The van der Waals surface area contributed by atoms with Crippen molar-refractivity contribution in [2.45, 2.75) is 32.5 Å². The number of carbonyl (C=O) groups excluding carboxylic acids is 1. The second kappa shape index (κ2) is 5.75. The van der Waals surface area contributed by atoms with Gasteiger partial charge in [0.1, 0.15) is 12.2 Å². The molecule has 1 aromatic carbocycles. The minimum Gasteiger partial charge on any atom is -0.491 e. The van der Waals surface area contributed by atoms with Crippen LogP contribution in [0.2, 0.25) is 0 Å². The summed E-state index contributed by atoms with van der Waals surface area (Å²) in [6.07, 6.45) is -5.97. The molecule has 100 valence electrons. The molecule has 18 heavy (non-hydrogen) atoms. The first-order valence-corrected chi connectivity index (χ1v) is 5.39. The lowest BCUT2D eigenvalue weighted by atomic mass is 10.3. The van der Waals surface area contributed by atoms with E-state index >= 15 is 0 Å². The molecule has 0 saturated heterocycles. The number of carbonyl (C=O) groups is 1. The van der Waals surface area contributed by atoms with Gasteiger partial charge in [0.05, 0.1) is 6.10 Å². The molecule has 0 aliphatic carbocycles. The highest BCUT2D eigenvalue weighted by Gasteiger charge is 2.31. The fraction of sp³-hybridized carbons (Fsp3) is 0.417. The third kappa shape index (κ3) is 5.56. The molecule has 0 radical (unpaired) electrons. The van der Waals surface area contributed by atoms with E-state index in [9.17, 15) is 18.0 Å². The van der Waals surface area contributed by atoms with Crippen LogP contribution in [0.25, 0.3) is 0 Å². The van der Waals surface area contributed by atoms with Crippen molar-refractivity contribution in [1.82, 2.24) is 0 Å². The van der Waals surface area contributed by atoms with Crippen LogP contribution in [0.15, 0.2) is 24.3 Å². The molecule has 1 rings (SSSR count). The molecule has 0 atom stereocenters. The van der Waals surface area contributed by atoms with E-state index in [-0.39, 0.29) is 6.10 Å². The molecule has 1 amide bonds. The topological polar surface area (TPSA) is 38.3 Å². The summed E-state index contributed by atoms with van der Waals surface area (Å²) in [6, 6.07) is 6.16. The van der Waals surface area contributed by atoms with Crippen LogP contribution >= 0.6 is 0 Å². The van der Waals surface area contributed by atoms with Crippen LogP contribution in [0.1, 0.15) is 20.3 Å². The van der Waals surface area contributed by atoms with Gasteiger partial charge >= 0.3 is 6.18 Å². The van der Waals surface area contributed by atoms with Crippen molar-refractivity contribution in [3.8, 4) is 5.75 Å². The predicted molar refractivity (Wildman–Crippen MR) is 61.5 cm³/mol. The van der Waals surface area contributed by atoms with Crippen LogP contribution in [-0.4, -0.2) is 18.2 Å². The Kier molecular flexibility index (Phi) is 4.58. The van der Waals surface area contributed by atoms with E-state index in [1.165, 1.54) is 12.1 Å². The van der Waals surface area contributed by atoms with Gasteiger partial charge in [0.2, 0.25) is 5.91 Å². The van der Waals surface area contributed by atoms with Crippen molar-refractivity contribution >= 4 is 11.6 Å². The summed E-state index contributed by atoms with van der Waals surface area (Å²) in [5.74, 6) is -0.487. The highest BCUT2D eigenvalue weighted by molar-refractivity contribution is 5.91. The van der Waals surface area contributed by atoms with E-state index in [0.29, 0.717) is 11.4 Å². The van der Waals surface area contributed by atoms with Crippen molar-refractivity contribution in [2.75, 3.05) is 5.32 Å². The molecule has 1 N–H and O–H groups in total. The van der Waals surface area contributed by atoms with Crippen molar-refractivity contribution in [1.29, 1.82) is 0 Å². The molecule has 0 aromatic heterocycles. The number of hydrogen-bond donors (Lipinski definition) is 1. The Hall–Kier alpha value is -1.72. The number of amides is 1. The van der Waals surface area contributed by atoms with Crippen LogP contribution in [0.5, 0.6) is 5.75 Å². The first-order valence-electron chi connectivity index (χ1n) is 5.39. The molecule has 0 heterocycles. The number of nitrogens with one attached hydrogen (secondary N) is 1. The van der Waals surface area contributed by atoms with Crippen LogP contribution < -0.4 is 10.1 Å². The Balaban J connectivity index is 2.56. The van der Waals surface area contributed by atoms with Gasteiger partial charge in [0.15, 0.2) is 0 Å². The summed E-state index contributed by atoms with van der Waals surface area (Å²) in [7, 11) is 0. The van der Waals surface area contributed by atoms with E-state index in [4.69, 9.17) is 4.74 Å². The fourth-order valence-electron chi connectivity index (χ4n) is 1.28. The summed E-state index contributed by atoms with van der Waals surface area (Å²) in [5.41, 5.74) is 0.306. The Morgan fingerprint density at radius 1 is 1.28 bits per heavy atom. The highest BCUT2D eigenvalue weighted by Crippen LogP contribution is 2.21. The maximum atomic E-state index is 11.9. The number of ether oxygens (including phenoxy) is 1. The molecule has 0 spiro atoms. The normalized spacial score (nSPS) is 11.4. The van der Waals surface area contributed by atoms with Gasteiger partial charge in [-0.1, -0.05) is 0 Å². The molecule has 0 unspecified atom stereocenters. The Morgan fingerprint density at radius 2 is 1.83 bits per heavy atom. The fourth-order valence-corrected chi connectivity index (χ4v) is 1.28. The van der Waals surface area contributed by atoms with Gasteiger partial charge < -0.3 is 10.1 Å². The lowest BCUT2D eigenvalue weighted by Gasteiger charge is -2.11. The molecule has 3 nitrogen and oxygen atoms in total. The number of anilines is 1. The van der Waals surface area contributed by atoms with Crippen molar-refractivity contribution < 1.29 is 22.7 Å². The first-order chi connectivity index (χ1) is 8.26. The maximum Gasteiger partial charge on any atom is 0.397 e. The molecule has 0 saturated carbocycles. The second-order valence-electron chi connectivity index (χ2n) is 4.03. The minimum absolute atomic E-state index is 0.00988. The number of alkyl halides is 3. The highest BCUT2D eigenvalue weighted by atomic mass is 19.4. The number of halogens is 3. The molecular formula is C12H14F3NO2. The van der Waals surface area contributed by atoms with Gasteiger partial charge in [-0.15, -0.1) is 0 Å². The first kappa shape index (κ1) is 14.3. The predicted octanol–water partition coefficient (Wildman–Crippen LogP) is 3.36. The average molecular weight is 261 g/mol. The molecule has 0 aliphatic rings. The van der Waals surface area contributed by atoms with Crippen molar-refractivity contribution in [2.24, 2.45) is 0 Å². The van der Waals surface area contributed by atoms with Crippen LogP contribution in [0.4, 0.5) is 18.9 Å². The summed E-state index contributed by atoms with van der Waals surface area (Å²) < 4.78 is 41.2. The second-order valence-corrected chi connectivity index (χ2v) is 4.03. The molecule has 0 fully saturated rings. The standard InChI is InChI=1S/C12H14F3NO2/c1-8(2)18-10-5-3-9(4-6-10)16-11(17)7-12(13,14)15/h3-6,8H,7H2,1-2H3,(H,16,17). The Morgan fingerprint density at radius 3 is 2.28 bits per heavy atom. The zero-order chi connectivity index (χ0) is 13.8. The minimum atomic E-state index is -4.50. The summed E-state index contributed by atoms with van der Waals surface area (Å²) in [6.45, 7) is 3.72. The molecule has 0 bridgehead atoms. The summed E-state index contributed by atoms with van der Waals surface area (Å²) in [5, 5.41) is 2.16. The third-order valence-electron chi connectivity index (χ3n) is 1.87. The Labute approximate surface area is 103 Å². The monoisotopic (exact) mass is 261 g/mol. The van der Waals surface area contributed by atoms with Crippen LogP contribution in [0.3, 0.4) is 0 Å². The van der Waals surface area contributed by atoms with E-state index in [2.05, 4.69) is 5.32 Å². The Bertz CT molecular complexity index is 399. The molecule has 0 aliphatic heterocycles. The summed E-state index contributed by atoms with van der Waals surface area (Å²) in [4.78, 5) is 11.0.